The van der Waals surface area contributed by atoms with E-state index in [4.69, 9.17) is 0 Å². The Morgan fingerprint density at radius 1 is 1.06 bits per heavy atom. The number of nitrogens with one attached hydrogen (secondary N) is 2. The molecule has 2 aliphatic rings. The van der Waals surface area contributed by atoms with Gasteiger partial charge in [0.2, 0.25) is 5.91 Å². The Balaban J connectivity index is 0.00000289. The summed E-state index contributed by atoms with van der Waals surface area (Å²) in [7, 11) is 1.80. The van der Waals surface area contributed by atoms with E-state index in [2.05, 4.69) is 75.1 Å². The molecule has 4 rings (SSSR count). The van der Waals surface area contributed by atoms with Crippen LogP contribution in [-0.4, -0.2) is 56.0 Å². The van der Waals surface area contributed by atoms with Gasteiger partial charge in [0.1, 0.15) is 0 Å². The van der Waals surface area contributed by atoms with E-state index in [9.17, 15) is 4.79 Å². The second kappa shape index (κ2) is 12.1. The lowest BCUT2D eigenvalue weighted by molar-refractivity contribution is -0.132. The number of para-hydroxylation sites is 1. The molecule has 0 aromatic heterocycles. The van der Waals surface area contributed by atoms with Crippen LogP contribution < -0.4 is 15.5 Å². The van der Waals surface area contributed by atoms with Crippen molar-refractivity contribution >= 4 is 41.5 Å². The van der Waals surface area contributed by atoms with Crippen molar-refractivity contribution in [3.05, 3.63) is 65.7 Å². The van der Waals surface area contributed by atoms with Crippen LogP contribution in [0.4, 0.5) is 5.69 Å². The average Bonchev–Trinajstić information content (AvgIpc) is 3.29. The van der Waals surface area contributed by atoms with E-state index >= 15 is 0 Å². The number of carbonyl (C=O) groups is 1. The quantitative estimate of drug-likeness (QED) is 0.252. The van der Waals surface area contributed by atoms with Crippen LogP contribution in [0.2, 0.25) is 0 Å². The Labute approximate surface area is 208 Å². The standard InChI is InChI=1S/C25H33N5O.HI/c1-26-25(28-22-14-17-29(19-22)23-10-3-2-4-11-23)27-15-7-12-24(31)30-16-13-20-8-5-6-9-21(20)18-30;/h2-6,8-11,22H,7,12-19H2,1H3,(H2,26,27,28);1H. The van der Waals surface area contributed by atoms with Crippen molar-refractivity contribution in [1.82, 2.24) is 15.5 Å². The maximum Gasteiger partial charge on any atom is 0.222 e. The molecular formula is C25H34IN5O. The second-order valence-electron chi connectivity index (χ2n) is 8.35. The minimum absolute atomic E-state index is 0. The number of nitrogens with zero attached hydrogens (tertiary/aromatic N) is 3. The number of amides is 1. The van der Waals surface area contributed by atoms with E-state index in [1.165, 1.54) is 16.8 Å². The van der Waals surface area contributed by atoms with Crippen molar-refractivity contribution < 1.29 is 4.79 Å². The molecule has 2 heterocycles. The highest BCUT2D eigenvalue weighted by atomic mass is 127. The van der Waals surface area contributed by atoms with E-state index in [-0.39, 0.29) is 29.9 Å². The van der Waals surface area contributed by atoms with E-state index in [0.29, 0.717) is 12.5 Å². The van der Waals surface area contributed by atoms with E-state index < -0.39 is 0 Å². The first kappa shape index (κ1) is 24.4. The van der Waals surface area contributed by atoms with Crippen molar-refractivity contribution in [3.8, 4) is 0 Å². The molecule has 32 heavy (non-hydrogen) atoms. The first-order chi connectivity index (χ1) is 15.2. The van der Waals surface area contributed by atoms with Crippen LogP contribution in [0.1, 0.15) is 30.4 Å². The molecule has 7 heteroatoms. The Hall–Kier alpha value is -2.29. The zero-order chi connectivity index (χ0) is 21.5. The lowest BCUT2D eigenvalue weighted by atomic mass is 9.99. The fraction of sp³-hybridized carbons (Fsp3) is 0.440. The van der Waals surface area contributed by atoms with Crippen LogP contribution in [0.15, 0.2) is 59.6 Å². The van der Waals surface area contributed by atoms with Gasteiger partial charge in [0, 0.05) is 57.9 Å². The normalized spacial score (nSPS) is 18.0. The number of hydrogen-bond acceptors (Lipinski definition) is 3. The number of hydrogen-bond donors (Lipinski definition) is 2. The van der Waals surface area contributed by atoms with Gasteiger partial charge in [0.25, 0.3) is 0 Å². The summed E-state index contributed by atoms with van der Waals surface area (Å²) in [5.74, 6) is 1.06. The number of benzene rings is 2. The molecule has 1 amide bonds. The molecule has 2 N–H and O–H groups in total. The smallest absolute Gasteiger partial charge is 0.222 e. The molecular weight excluding hydrogens is 513 g/mol. The van der Waals surface area contributed by atoms with Gasteiger partial charge in [-0.1, -0.05) is 42.5 Å². The van der Waals surface area contributed by atoms with Crippen molar-refractivity contribution in [1.29, 1.82) is 0 Å². The lowest BCUT2D eigenvalue weighted by Gasteiger charge is -2.29. The van der Waals surface area contributed by atoms with E-state index in [1.807, 2.05) is 4.90 Å². The predicted molar refractivity (Wildman–Crippen MR) is 142 cm³/mol. The van der Waals surface area contributed by atoms with Gasteiger partial charge in [0.05, 0.1) is 0 Å². The number of fused-ring (bicyclic) bond motifs is 1. The second-order valence-corrected chi connectivity index (χ2v) is 8.35. The minimum Gasteiger partial charge on any atom is -0.369 e. The molecule has 2 aromatic rings. The monoisotopic (exact) mass is 547 g/mol. The Morgan fingerprint density at radius 3 is 2.59 bits per heavy atom. The minimum atomic E-state index is 0. The Morgan fingerprint density at radius 2 is 1.81 bits per heavy atom. The summed E-state index contributed by atoms with van der Waals surface area (Å²) in [6, 6.07) is 19.3. The molecule has 2 aromatic carbocycles. The maximum absolute atomic E-state index is 12.6. The molecule has 0 radical (unpaired) electrons. The third-order valence-corrected chi connectivity index (χ3v) is 6.22. The third kappa shape index (κ3) is 6.37. The number of anilines is 1. The van der Waals surface area contributed by atoms with Gasteiger partial charge in [-0.2, -0.15) is 0 Å². The van der Waals surface area contributed by atoms with Crippen LogP contribution in [0.3, 0.4) is 0 Å². The summed E-state index contributed by atoms with van der Waals surface area (Å²) >= 11 is 0. The predicted octanol–water partition coefficient (Wildman–Crippen LogP) is 3.41. The molecule has 1 fully saturated rings. The highest BCUT2D eigenvalue weighted by molar-refractivity contribution is 14.0. The highest BCUT2D eigenvalue weighted by Gasteiger charge is 2.23. The molecule has 0 aliphatic carbocycles. The van der Waals surface area contributed by atoms with Crippen molar-refractivity contribution in [2.75, 3.05) is 38.1 Å². The molecule has 1 atom stereocenters. The summed E-state index contributed by atoms with van der Waals surface area (Å²) in [4.78, 5) is 21.4. The molecule has 1 unspecified atom stereocenters. The summed E-state index contributed by atoms with van der Waals surface area (Å²) < 4.78 is 0. The molecule has 2 aliphatic heterocycles. The summed E-state index contributed by atoms with van der Waals surface area (Å²) in [6.45, 7) is 4.33. The molecule has 6 nitrogen and oxygen atoms in total. The van der Waals surface area contributed by atoms with Crippen LogP contribution >= 0.6 is 24.0 Å². The van der Waals surface area contributed by atoms with Gasteiger partial charge in [-0.15, -0.1) is 24.0 Å². The number of guanidine groups is 1. The highest BCUT2D eigenvalue weighted by Crippen LogP contribution is 2.20. The Kier molecular flexibility index (Phi) is 9.20. The summed E-state index contributed by atoms with van der Waals surface area (Å²) in [5.41, 5.74) is 3.93. The maximum atomic E-state index is 12.6. The SMILES string of the molecule is CN=C(NCCCC(=O)N1CCc2ccccc2C1)NC1CCN(c2ccccc2)C1.I. The van der Waals surface area contributed by atoms with Crippen LogP contribution in [0.5, 0.6) is 0 Å². The van der Waals surface area contributed by atoms with Gasteiger partial charge in [-0.05, 0) is 42.5 Å². The van der Waals surface area contributed by atoms with Gasteiger partial charge >= 0.3 is 0 Å². The number of rotatable bonds is 6. The average molecular weight is 547 g/mol. The first-order valence-corrected chi connectivity index (χ1v) is 11.3. The fourth-order valence-corrected chi connectivity index (χ4v) is 4.45. The van der Waals surface area contributed by atoms with Crippen molar-refractivity contribution in [2.45, 2.75) is 38.3 Å². The van der Waals surface area contributed by atoms with Crippen molar-refractivity contribution in [3.63, 3.8) is 0 Å². The van der Waals surface area contributed by atoms with Crippen molar-refractivity contribution in [2.24, 2.45) is 4.99 Å². The molecule has 0 saturated carbocycles. The molecule has 1 saturated heterocycles. The topological polar surface area (TPSA) is 60.0 Å². The lowest BCUT2D eigenvalue weighted by Crippen LogP contribution is -2.45. The Bertz CT molecular complexity index is 904. The van der Waals surface area contributed by atoms with E-state index in [0.717, 1.165) is 57.9 Å². The summed E-state index contributed by atoms with van der Waals surface area (Å²) in [5, 5.41) is 6.90. The zero-order valence-electron chi connectivity index (χ0n) is 18.8. The van der Waals surface area contributed by atoms with Crippen LogP contribution in [0, 0.1) is 0 Å². The first-order valence-electron chi connectivity index (χ1n) is 11.3. The largest absolute Gasteiger partial charge is 0.369 e. The van der Waals surface area contributed by atoms with Gasteiger partial charge < -0.3 is 20.4 Å². The van der Waals surface area contributed by atoms with Crippen LogP contribution in [0.25, 0.3) is 0 Å². The van der Waals surface area contributed by atoms with Gasteiger partial charge in [-0.3, -0.25) is 9.79 Å². The summed E-state index contributed by atoms with van der Waals surface area (Å²) in [6.07, 6.45) is 3.42. The van der Waals surface area contributed by atoms with Crippen LogP contribution in [-0.2, 0) is 17.8 Å². The number of carbonyl (C=O) groups excluding carboxylic acids is 1. The van der Waals surface area contributed by atoms with E-state index in [1.54, 1.807) is 7.05 Å². The number of aliphatic imine (C=N–C) groups is 1. The number of halogens is 1. The zero-order valence-corrected chi connectivity index (χ0v) is 21.1. The molecule has 0 spiro atoms. The van der Waals surface area contributed by atoms with Gasteiger partial charge in [-0.25, -0.2) is 0 Å². The van der Waals surface area contributed by atoms with Gasteiger partial charge in [0.15, 0.2) is 5.96 Å². The molecule has 172 valence electrons. The third-order valence-electron chi connectivity index (χ3n) is 6.22. The molecule has 0 bridgehead atoms. The fourth-order valence-electron chi connectivity index (χ4n) is 4.45.